The highest BCUT2D eigenvalue weighted by molar-refractivity contribution is 6.60. The van der Waals surface area contributed by atoms with Crippen LogP contribution in [0.2, 0.25) is 0 Å². The first kappa shape index (κ1) is 11.4. The fourth-order valence-electron chi connectivity index (χ4n) is 1.14. The van der Waals surface area contributed by atoms with E-state index >= 15 is 0 Å². The van der Waals surface area contributed by atoms with Crippen LogP contribution in [-0.4, -0.2) is 27.9 Å². The van der Waals surface area contributed by atoms with E-state index < -0.39 is 17.7 Å². The van der Waals surface area contributed by atoms with E-state index in [0.717, 1.165) is 12.1 Å². The Morgan fingerprint density at radius 1 is 1.47 bits per heavy atom. The number of carbonyl (C=O) groups is 1. The number of nitro groups is 1. The topological polar surface area (TPSA) is 101 Å². The Labute approximate surface area is 85.5 Å². The molecule has 0 fully saturated rings. The van der Waals surface area contributed by atoms with Gasteiger partial charge in [0.05, 0.1) is 10.4 Å². The second-order valence-electron chi connectivity index (χ2n) is 2.96. The number of ketones is 1. The summed E-state index contributed by atoms with van der Waals surface area (Å²) >= 11 is 0. The quantitative estimate of drug-likeness (QED) is 0.301. The number of rotatable bonds is 3. The lowest BCUT2D eigenvalue weighted by Crippen LogP contribution is -2.32. The number of hydrogen-bond donors (Lipinski definition) is 2. The third kappa shape index (κ3) is 2.39. The lowest BCUT2D eigenvalue weighted by Gasteiger charge is -2.02. The van der Waals surface area contributed by atoms with Crippen LogP contribution in [0.25, 0.3) is 0 Å². The molecule has 0 saturated carbocycles. The van der Waals surface area contributed by atoms with Gasteiger partial charge < -0.3 is 10.0 Å². The Kier molecular flexibility index (Phi) is 3.18. The summed E-state index contributed by atoms with van der Waals surface area (Å²) in [6.45, 7) is 1.27. The fourth-order valence-corrected chi connectivity index (χ4v) is 1.14. The molecular weight excluding hydrogens is 201 g/mol. The summed E-state index contributed by atoms with van der Waals surface area (Å²) < 4.78 is 0. The average Bonchev–Trinajstić information content (AvgIpc) is 2.16. The molecule has 6 nitrogen and oxygen atoms in total. The predicted molar refractivity (Wildman–Crippen MR) is 52.9 cm³/mol. The molecule has 0 bridgehead atoms. The number of nitro benzene ring substituents is 1. The van der Waals surface area contributed by atoms with E-state index in [0.29, 0.717) is 0 Å². The maximum atomic E-state index is 11.0. The first-order valence-electron chi connectivity index (χ1n) is 4.09. The Morgan fingerprint density at radius 2 is 2.07 bits per heavy atom. The summed E-state index contributed by atoms with van der Waals surface area (Å²) in [5.41, 5.74) is -0.547. The molecule has 0 heterocycles. The van der Waals surface area contributed by atoms with Crippen molar-refractivity contribution in [2.24, 2.45) is 0 Å². The minimum Gasteiger partial charge on any atom is -0.423 e. The number of nitrogens with zero attached hydrogens (tertiary/aromatic N) is 1. The highest BCUT2D eigenvalue weighted by Crippen LogP contribution is 2.12. The first-order chi connectivity index (χ1) is 6.93. The van der Waals surface area contributed by atoms with Crippen LogP contribution in [0.3, 0.4) is 0 Å². The molecule has 0 saturated heterocycles. The van der Waals surface area contributed by atoms with Crippen LogP contribution in [0, 0.1) is 10.1 Å². The molecule has 0 spiro atoms. The van der Waals surface area contributed by atoms with E-state index in [4.69, 9.17) is 10.0 Å². The molecule has 15 heavy (non-hydrogen) atoms. The number of Topliss-reactive ketones (excluding diaryl/α,β-unsaturated/α-hetero) is 1. The van der Waals surface area contributed by atoms with Gasteiger partial charge in [-0.1, -0.05) is 12.1 Å². The molecule has 2 N–H and O–H groups in total. The smallest absolute Gasteiger partial charge is 0.423 e. The molecule has 7 heteroatoms. The van der Waals surface area contributed by atoms with Gasteiger partial charge in [0, 0.05) is 11.6 Å². The van der Waals surface area contributed by atoms with Crippen molar-refractivity contribution in [2.45, 2.75) is 6.92 Å². The van der Waals surface area contributed by atoms with Crippen molar-refractivity contribution in [1.82, 2.24) is 0 Å². The highest BCUT2D eigenvalue weighted by atomic mass is 16.6. The van der Waals surface area contributed by atoms with Gasteiger partial charge in [-0.05, 0) is 6.92 Å². The van der Waals surface area contributed by atoms with Gasteiger partial charge in [0.25, 0.3) is 5.69 Å². The Balaban J connectivity index is 3.33. The zero-order valence-corrected chi connectivity index (χ0v) is 7.88. The van der Waals surface area contributed by atoms with Crippen molar-refractivity contribution in [3.05, 3.63) is 33.9 Å². The van der Waals surface area contributed by atoms with Gasteiger partial charge in [0.15, 0.2) is 5.78 Å². The zero-order chi connectivity index (χ0) is 11.6. The molecule has 0 amide bonds. The molecule has 1 aromatic carbocycles. The van der Waals surface area contributed by atoms with Crippen LogP contribution < -0.4 is 5.46 Å². The highest BCUT2D eigenvalue weighted by Gasteiger charge is 2.24. The van der Waals surface area contributed by atoms with Gasteiger partial charge in [0.2, 0.25) is 0 Å². The Morgan fingerprint density at radius 3 is 2.47 bits per heavy atom. The van der Waals surface area contributed by atoms with E-state index in [1.165, 1.54) is 13.0 Å². The van der Waals surface area contributed by atoms with E-state index in [-0.39, 0.29) is 16.8 Å². The van der Waals surface area contributed by atoms with Crippen molar-refractivity contribution < 1.29 is 19.8 Å². The van der Waals surface area contributed by atoms with Crippen LogP contribution in [-0.2, 0) is 0 Å². The Bertz CT molecular complexity index is 417. The van der Waals surface area contributed by atoms with Crippen LogP contribution in [0.5, 0.6) is 0 Å². The SMILES string of the molecule is CC(=O)c1ccc(B(O)O)c([N+](=O)[O-])c1. The zero-order valence-electron chi connectivity index (χ0n) is 7.88. The molecule has 0 radical (unpaired) electrons. The first-order valence-corrected chi connectivity index (χ1v) is 4.09. The van der Waals surface area contributed by atoms with Crippen LogP contribution in [0.15, 0.2) is 18.2 Å². The molecule has 0 aliphatic rings. The summed E-state index contributed by atoms with van der Waals surface area (Å²) in [6.07, 6.45) is 0. The van der Waals surface area contributed by atoms with E-state index in [2.05, 4.69) is 0 Å². The molecule has 0 unspecified atom stereocenters. The van der Waals surface area contributed by atoms with Crippen molar-refractivity contribution in [1.29, 1.82) is 0 Å². The summed E-state index contributed by atoms with van der Waals surface area (Å²) in [6, 6.07) is 3.49. The van der Waals surface area contributed by atoms with Gasteiger partial charge in [0.1, 0.15) is 0 Å². The molecule has 0 aliphatic heterocycles. The second kappa shape index (κ2) is 4.20. The van der Waals surface area contributed by atoms with Crippen molar-refractivity contribution in [3.8, 4) is 0 Å². The lowest BCUT2D eigenvalue weighted by atomic mass is 9.78. The second-order valence-corrected chi connectivity index (χ2v) is 2.96. The van der Waals surface area contributed by atoms with Gasteiger partial charge in [-0.2, -0.15) is 0 Å². The molecule has 0 aromatic heterocycles. The third-order valence-electron chi connectivity index (χ3n) is 1.91. The van der Waals surface area contributed by atoms with Crippen LogP contribution in [0.4, 0.5) is 5.69 Å². The van der Waals surface area contributed by atoms with E-state index in [9.17, 15) is 14.9 Å². The fraction of sp³-hybridized carbons (Fsp3) is 0.125. The van der Waals surface area contributed by atoms with Crippen LogP contribution in [0.1, 0.15) is 17.3 Å². The molecule has 78 valence electrons. The normalized spacial score (nSPS) is 9.80. The monoisotopic (exact) mass is 209 g/mol. The standard InChI is InChI=1S/C8H8BNO5/c1-5(11)6-2-3-7(9(12)13)8(4-6)10(14)15/h2-4,12-13H,1H3. The van der Waals surface area contributed by atoms with E-state index in [1.54, 1.807) is 0 Å². The van der Waals surface area contributed by atoms with Gasteiger partial charge in [-0.15, -0.1) is 0 Å². The van der Waals surface area contributed by atoms with Crippen molar-refractivity contribution in [2.75, 3.05) is 0 Å². The minimum absolute atomic E-state index is 0.158. The summed E-state index contributed by atoms with van der Waals surface area (Å²) in [5, 5.41) is 28.3. The number of carbonyl (C=O) groups excluding carboxylic acids is 1. The largest absolute Gasteiger partial charge is 0.495 e. The van der Waals surface area contributed by atoms with Gasteiger partial charge in [-0.25, -0.2) is 0 Å². The average molecular weight is 209 g/mol. The lowest BCUT2D eigenvalue weighted by molar-refractivity contribution is -0.383. The maximum absolute atomic E-state index is 11.0. The summed E-state index contributed by atoms with van der Waals surface area (Å²) in [4.78, 5) is 20.8. The van der Waals surface area contributed by atoms with Crippen molar-refractivity contribution >= 4 is 24.1 Å². The molecule has 1 rings (SSSR count). The third-order valence-corrected chi connectivity index (χ3v) is 1.91. The minimum atomic E-state index is -1.92. The molecule has 0 aliphatic carbocycles. The van der Waals surface area contributed by atoms with Gasteiger partial charge >= 0.3 is 7.12 Å². The van der Waals surface area contributed by atoms with Gasteiger partial charge in [-0.3, -0.25) is 14.9 Å². The Hall–Kier alpha value is -1.73. The summed E-state index contributed by atoms with van der Waals surface area (Å²) in [5.74, 6) is -0.322. The summed E-state index contributed by atoms with van der Waals surface area (Å²) in [7, 11) is -1.92. The molecular formula is C8H8BNO5. The molecule has 0 atom stereocenters. The molecule has 1 aromatic rings. The van der Waals surface area contributed by atoms with Crippen molar-refractivity contribution in [3.63, 3.8) is 0 Å². The number of benzene rings is 1. The number of hydrogen-bond acceptors (Lipinski definition) is 5. The van der Waals surface area contributed by atoms with E-state index in [1.807, 2.05) is 0 Å². The van der Waals surface area contributed by atoms with Crippen LogP contribution >= 0.6 is 0 Å². The maximum Gasteiger partial charge on any atom is 0.495 e. The predicted octanol–water partition coefficient (Wildman–Crippen LogP) is -0.523.